The molecule has 0 spiro atoms. The van der Waals surface area contributed by atoms with Crippen molar-refractivity contribution in [3.8, 4) is 0 Å². The van der Waals surface area contributed by atoms with E-state index < -0.39 is 0 Å². The molecular weight excluding hydrogens is 268 g/mol. The average Bonchev–Trinajstić information content (AvgIpc) is 2.59. The highest BCUT2D eigenvalue weighted by Gasteiger charge is 2.17. The maximum absolute atomic E-state index is 12.9. The number of benzene rings is 2. The van der Waals surface area contributed by atoms with Gasteiger partial charge in [0.2, 0.25) is 0 Å². The van der Waals surface area contributed by atoms with Crippen molar-refractivity contribution in [2.24, 2.45) is 0 Å². The van der Waals surface area contributed by atoms with Crippen LogP contribution < -0.4 is 0 Å². The van der Waals surface area contributed by atoms with Crippen LogP contribution >= 0.6 is 0 Å². The summed E-state index contributed by atoms with van der Waals surface area (Å²) in [6.07, 6.45) is 5.31. The molecule has 116 valence electrons. The molecule has 22 heavy (non-hydrogen) atoms. The van der Waals surface area contributed by atoms with Crippen molar-refractivity contribution in [3.63, 3.8) is 0 Å². The SMILES string of the molecule is CCCCc1c(C(=O)c2ccccc2)ccc(CC)c1CC. The minimum absolute atomic E-state index is 0.157. The monoisotopic (exact) mass is 294 g/mol. The van der Waals surface area contributed by atoms with Gasteiger partial charge in [0.05, 0.1) is 0 Å². The van der Waals surface area contributed by atoms with Crippen LogP contribution in [-0.2, 0) is 19.3 Å². The van der Waals surface area contributed by atoms with E-state index in [0.717, 1.165) is 43.2 Å². The molecule has 0 unspecified atom stereocenters. The molecule has 0 amide bonds. The van der Waals surface area contributed by atoms with E-state index in [1.54, 1.807) is 0 Å². The second-order valence-electron chi connectivity index (χ2n) is 5.74. The highest BCUT2D eigenvalue weighted by molar-refractivity contribution is 6.10. The van der Waals surface area contributed by atoms with Crippen LogP contribution in [0, 0.1) is 0 Å². The van der Waals surface area contributed by atoms with Gasteiger partial charge in [-0.3, -0.25) is 4.79 Å². The van der Waals surface area contributed by atoms with E-state index in [9.17, 15) is 4.79 Å². The lowest BCUT2D eigenvalue weighted by atomic mass is 9.87. The number of unbranched alkanes of at least 4 members (excludes halogenated alkanes) is 1. The molecule has 2 rings (SSSR count). The zero-order valence-electron chi connectivity index (χ0n) is 14.0. The molecular formula is C21H26O. The summed E-state index contributed by atoms with van der Waals surface area (Å²) in [4.78, 5) is 12.9. The normalized spacial score (nSPS) is 10.7. The predicted molar refractivity (Wildman–Crippen MR) is 93.7 cm³/mol. The molecule has 2 aromatic rings. The third-order valence-electron chi connectivity index (χ3n) is 4.32. The van der Waals surface area contributed by atoms with E-state index in [0.29, 0.717) is 0 Å². The van der Waals surface area contributed by atoms with Gasteiger partial charge in [-0.1, -0.05) is 69.7 Å². The molecule has 1 nitrogen and oxygen atoms in total. The Morgan fingerprint density at radius 2 is 1.59 bits per heavy atom. The fourth-order valence-electron chi connectivity index (χ4n) is 3.11. The zero-order chi connectivity index (χ0) is 15.9. The largest absolute Gasteiger partial charge is 0.289 e. The lowest BCUT2D eigenvalue weighted by Crippen LogP contribution is -2.10. The fourth-order valence-corrected chi connectivity index (χ4v) is 3.11. The first kappa shape index (κ1) is 16.5. The first-order valence-corrected chi connectivity index (χ1v) is 8.46. The Hall–Kier alpha value is -1.89. The number of hydrogen-bond donors (Lipinski definition) is 0. The van der Waals surface area contributed by atoms with Crippen molar-refractivity contribution in [2.45, 2.75) is 52.9 Å². The van der Waals surface area contributed by atoms with Crippen molar-refractivity contribution in [1.82, 2.24) is 0 Å². The molecule has 0 bridgehead atoms. The molecule has 1 heteroatoms. The third kappa shape index (κ3) is 3.47. The quantitative estimate of drug-likeness (QED) is 0.626. The summed E-state index contributed by atoms with van der Waals surface area (Å²) >= 11 is 0. The van der Waals surface area contributed by atoms with Crippen LogP contribution in [0.5, 0.6) is 0 Å². The van der Waals surface area contributed by atoms with Crippen LogP contribution in [0.3, 0.4) is 0 Å². The van der Waals surface area contributed by atoms with Gasteiger partial charge in [0.25, 0.3) is 0 Å². The molecule has 0 aromatic heterocycles. The standard InChI is InChI=1S/C21H26O/c1-4-7-13-19-18(6-3)16(5-2)14-15-20(19)21(22)17-11-9-8-10-12-17/h8-12,14-15H,4-7,13H2,1-3H3. The lowest BCUT2D eigenvalue weighted by Gasteiger charge is -2.17. The molecule has 0 atom stereocenters. The summed E-state index contributed by atoms with van der Waals surface area (Å²) in [5, 5.41) is 0. The van der Waals surface area contributed by atoms with Crippen LogP contribution in [0.4, 0.5) is 0 Å². The van der Waals surface area contributed by atoms with Crippen LogP contribution in [0.25, 0.3) is 0 Å². The summed E-state index contributed by atoms with van der Waals surface area (Å²) in [6, 6.07) is 13.8. The number of hydrogen-bond acceptors (Lipinski definition) is 1. The smallest absolute Gasteiger partial charge is 0.193 e. The van der Waals surface area contributed by atoms with Gasteiger partial charge in [-0.05, 0) is 42.4 Å². The molecule has 0 radical (unpaired) electrons. The van der Waals surface area contributed by atoms with E-state index in [4.69, 9.17) is 0 Å². The average molecular weight is 294 g/mol. The second-order valence-corrected chi connectivity index (χ2v) is 5.74. The van der Waals surface area contributed by atoms with Gasteiger partial charge in [0, 0.05) is 11.1 Å². The maximum atomic E-state index is 12.9. The molecule has 0 saturated heterocycles. The molecule has 0 heterocycles. The van der Waals surface area contributed by atoms with Crippen LogP contribution in [0.1, 0.15) is 66.2 Å². The van der Waals surface area contributed by atoms with Gasteiger partial charge in [0.15, 0.2) is 5.78 Å². The van der Waals surface area contributed by atoms with Gasteiger partial charge in [-0.25, -0.2) is 0 Å². The fraction of sp³-hybridized carbons (Fsp3) is 0.381. The summed E-state index contributed by atoms with van der Waals surface area (Å²) in [6.45, 7) is 6.59. The number of rotatable bonds is 7. The van der Waals surface area contributed by atoms with E-state index in [1.165, 1.54) is 16.7 Å². The summed E-state index contributed by atoms with van der Waals surface area (Å²) in [5.74, 6) is 0.157. The minimum Gasteiger partial charge on any atom is -0.289 e. The van der Waals surface area contributed by atoms with Crippen LogP contribution in [0.15, 0.2) is 42.5 Å². The molecule has 0 N–H and O–H groups in total. The van der Waals surface area contributed by atoms with E-state index in [1.807, 2.05) is 36.4 Å². The Morgan fingerprint density at radius 3 is 2.18 bits per heavy atom. The molecule has 0 aliphatic carbocycles. The van der Waals surface area contributed by atoms with E-state index in [-0.39, 0.29) is 5.78 Å². The molecule has 0 saturated carbocycles. The van der Waals surface area contributed by atoms with Gasteiger partial charge in [-0.15, -0.1) is 0 Å². The number of aryl methyl sites for hydroxylation is 1. The highest BCUT2D eigenvalue weighted by atomic mass is 16.1. The van der Waals surface area contributed by atoms with Gasteiger partial charge in [0.1, 0.15) is 0 Å². The Kier molecular flexibility index (Phi) is 5.94. The molecule has 0 aliphatic heterocycles. The van der Waals surface area contributed by atoms with Crippen molar-refractivity contribution in [1.29, 1.82) is 0 Å². The van der Waals surface area contributed by atoms with Crippen molar-refractivity contribution in [2.75, 3.05) is 0 Å². The van der Waals surface area contributed by atoms with Gasteiger partial charge < -0.3 is 0 Å². The Labute approximate surface area is 134 Å². The summed E-state index contributed by atoms with van der Waals surface area (Å²) in [7, 11) is 0. The van der Waals surface area contributed by atoms with Crippen molar-refractivity contribution in [3.05, 3.63) is 70.3 Å². The maximum Gasteiger partial charge on any atom is 0.193 e. The lowest BCUT2D eigenvalue weighted by molar-refractivity contribution is 0.103. The Balaban J connectivity index is 2.52. The van der Waals surface area contributed by atoms with E-state index in [2.05, 4.69) is 26.8 Å². The van der Waals surface area contributed by atoms with Crippen LogP contribution in [0.2, 0.25) is 0 Å². The van der Waals surface area contributed by atoms with E-state index >= 15 is 0 Å². The van der Waals surface area contributed by atoms with Gasteiger partial charge >= 0.3 is 0 Å². The highest BCUT2D eigenvalue weighted by Crippen LogP contribution is 2.25. The minimum atomic E-state index is 0.157. The summed E-state index contributed by atoms with van der Waals surface area (Å²) < 4.78 is 0. The second kappa shape index (κ2) is 7.93. The van der Waals surface area contributed by atoms with Gasteiger partial charge in [-0.2, -0.15) is 0 Å². The number of carbonyl (C=O) groups excluding carboxylic acids is 1. The number of ketones is 1. The first-order chi connectivity index (χ1) is 10.7. The van der Waals surface area contributed by atoms with Crippen LogP contribution in [-0.4, -0.2) is 5.78 Å². The molecule has 2 aromatic carbocycles. The topological polar surface area (TPSA) is 17.1 Å². The Morgan fingerprint density at radius 1 is 0.864 bits per heavy atom. The zero-order valence-corrected chi connectivity index (χ0v) is 14.0. The molecule has 0 fully saturated rings. The van der Waals surface area contributed by atoms with Crippen molar-refractivity contribution < 1.29 is 4.79 Å². The number of carbonyl (C=O) groups is 1. The predicted octanol–water partition coefficient (Wildman–Crippen LogP) is 5.39. The first-order valence-electron chi connectivity index (χ1n) is 8.46. The molecule has 0 aliphatic rings. The van der Waals surface area contributed by atoms with Crippen molar-refractivity contribution >= 4 is 5.78 Å². The Bertz CT molecular complexity index is 626. The summed E-state index contributed by atoms with van der Waals surface area (Å²) in [5.41, 5.74) is 5.73. The third-order valence-corrected chi connectivity index (χ3v) is 4.32.